The molecule has 1 rings (SSSR count). The van der Waals surface area contributed by atoms with E-state index < -0.39 is 0 Å². The Kier molecular flexibility index (Phi) is 10.0. The second kappa shape index (κ2) is 11.7. The van der Waals surface area contributed by atoms with Crippen molar-refractivity contribution in [1.82, 2.24) is 25.3 Å². The van der Waals surface area contributed by atoms with Crippen molar-refractivity contribution in [3.8, 4) is 0 Å². The number of aryl methyl sites for hydroxylation is 2. The van der Waals surface area contributed by atoms with E-state index in [-0.39, 0.29) is 6.04 Å². The highest BCUT2D eigenvalue weighted by atomic mass is 15.3. The van der Waals surface area contributed by atoms with E-state index in [0.29, 0.717) is 12.0 Å². The topological polar surface area (TPSA) is 57.5 Å². The molecule has 0 aliphatic heterocycles. The van der Waals surface area contributed by atoms with Gasteiger partial charge in [0.25, 0.3) is 0 Å². The Morgan fingerprint density at radius 3 is 2.25 bits per heavy atom. The number of hydrogen-bond acceptors (Lipinski definition) is 3. The number of aromatic nitrogens is 2. The van der Waals surface area contributed by atoms with Crippen molar-refractivity contribution >= 4 is 5.96 Å². The lowest BCUT2D eigenvalue weighted by Crippen LogP contribution is -2.51. The van der Waals surface area contributed by atoms with Crippen LogP contribution in [0.4, 0.5) is 0 Å². The fourth-order valence-electron chi connectivity index (χ4n) is 3.56. The normalized spacial score (nSPS) is 14.2. The number of guanidine groups is 1. The quantitative estimate of drug-likeness (QED) is 0.348. The molecule has 158 valence electrons. The zero-order valence-electron chi connectivity index (χ0n) is 18.9. The van der Waals surface area contributed by atoms with Crippen LogP contribution in [0, 0.1) is 19.8 Å². The molecule has 2 atom stereocenters. The maximum absolute atomic E-state index is 4.52. The molecule has 0 fully saturated rings. The molecular formula is C22H40N6. The summed E-state index contributed by atoms with van der Waals surface area (Å²) in [7, 11) is 3.81. The van der Waals surface area contributed by atoms with Crippen LogP contribution in [0.1, 0.15) is 37.7 Å². The molecule has 0 saturated heterocycles. The fraction of sp³-hybridized carbons (Fsp3) is 0.636. The number of rotatable bonds is 11. The van der Waals surface area contributed by atoms with E-state index >= 15 is 0 Å². The number of nitrogens with one attached hydrogen (secondary N) is 2. The molecule has 0 aromatic carbocycles. The van der Waals surface area contributed by atoms with E-state index in [1.807, 2.05) is 30.9 Å². The van der Waals surface area contributed by atoms with Gasteiger partial charge >= 0.3 is 0 Å². The first-order valence-corrected chi connectivity index (χ1v) is 10.2. The molecule has 2 unspecified atom stereocenters. The minimum absolute atomic E-state index is 0.253. The second-order valence-corrected chi connectivity index (χ2v) is 7.82. The van der Waals surface area contributed by atoms with Gasteiger partial charge in [-0.3, -0.25) is 14.6 Å². The lowest BCUT2D eigenvalue weighted by atomic mass is 10.0. The van der Waals surface area contributed by atoms with E-state index in [2.05, 4.69) is 73.4 Å². The van der Waals surface area contributed by atoms with Gasteiger partial charge in [0, 0.05) is 51.5 Å². The Morgan fingerprint density at radius 2 is 1.82 bits per heavy atom. The van der Waals surface area contributed by atoms with Crippen LogP contribution < -0.4 is 10.6 Å². The van der Waals surface area contributed by atoms with Gasteiger partial charge in [0.1, 0.15) is 0 Å². The standard InChI is InChI=1S/C22H40N6/c1-10-12-28(13-11-2)21(16(3)4)15-24-22(23-8)25-17(5)14-20-18(6)26-27(9)19(20)7/h10-11,16-17,21H,1-2,12-15H2,3-9H3,(H2,23,24,25). The highest BCUT2D eigenvalue weighted by Gasteiger charge is 2.21. The Morgan fingerprint density at radius 1 is 1.21 bits per heavy atom. The van der Waals surface area contributed by atoms with Crippen LogP contribution >= 0.6 is 0 Å². The number of hydrogen-bond donors (Lipinski definition) is 2. The SMILES string of the molecule is C=CCN(CC=C)C(CNC(=NC)NC(C)Cc1c(C)nn(C)c1C)C(C)C. The molecular weight excluding hydrogens is 348 g/mol. The van der Waals surface area contributed by atoms with E-state index in [1.54, 1.807) is 0 Å². The molecule has 28 heavy (non-hydrogen) atoms. The van der Waals surface area contributed by atoms with Crippen molar-refractivity contribution in [2.24, 2.45) is 18.0 Å². The zero-order chi connectivity index (χ0) is 21.3. The zero-order valence-corrected chi connectivity index (χ0v) is 18.9. The lowest BCUT2D eigenvalue weighted by molar-refractivity contribution is 0.190. The maximum Gasteiger partial charge on any atom is 0.191 e. The summed E-state index contributed by atoms with van der Waals surface area (Å²) in [5.41, 5.74) is 3.63. The van der Waals surface area contributed by atoms with Gasteiger partial charge in [0.2, 0.25) is 0 Å². The van der Waals surface area contributed by atoms with Crippen LogP contribution in [-0.4, -0.2) is 59.4 Å². The highest BCUT2D eigenvalue weighted by molar-refractivity contribution is 5.80. The molecule has 0 spiro atoms. The summed E-state index contributed by atoms with van der Waals surface area (Å²) in [6, 6.07) is 0.621. The van der Waals surface area contributed by atoms with Crippen LogP contribution in [0.2, 0.25) is 0 Å². The minimum Gasteiger partial charge on any atom is -0.355 e. The molecule has 1 heterocycles. The number of aliphatic imine (C=N–C) groups is 1. The highest BCUT2D eigenvalue weighted by Crippen LogP contribution is 2.14. The van der Waals surface area contributed by atoms with Gasteiger partial charge in [-0.2, -0.15) is 5.10 Å². The van der Waals surface area contributed by atoms with Crippen molar-refractivity contribution in [1.29, 1.82) is 0 Å². The van der Waals surface area contributed by atoms with Crippen molar-refractivity contribution in [3.05, 3.63) is 42.3 Å². The van der Waals surface area contributed by atoms with E-state index in [4.69, 9.17) is 0 Å². The van der Waals surface area contributed by atoms with Crippen molar-refractivity contribution in [2.45, 2.75) is 53.1 Å². The smallest absolute Gasteiger partial charge is 0.191 e. The van der Waals surface area contributed by atoms with Crippen LogP contribution in [0.3, 0.4) is 0 Å². The van der Waals surface area contributed by atoms with Gasteiger partial charge in [-0.25, -0.2) is 0 Å². The van der Waals surface area contributed by atoms with Gasteiger partial charge in [0.15, 0.2) is 5.96 Å². The Hall–Kier alpha value is -2.08. The van der Waals surface area contributed by atoms with E-state index in [1.165, 1.54) is 11.3 Å². The molecule has 6 heteroatoms. The van der Waals surface area contributed by atoms with Crippen LogP contribution in [0.15, 0.2) is 30.3 Å². The van der Waals surface area contributed by atoms with Gasteiger partial charge in [0.05, 0.1) is 5.69 Å². The van der Waals surface area contributed by atoms with Gasteiger partial charge in [-0.1, -0.05) is 26.0 Å². The molecule has 0 saturated carbocycles. The van der Waals surface area contributed by atoms with Gasteiger partial charge in [-0.05, 0) is 38.7 Å². The van der Waals surface area contributed by atoms with Crippen LogP contribution in [0.25, 0.3) is 0 Å². The monoisotopic (exact) mass is 388 g/mol. The molecule has 1 aromatic rings. The molecule has 0 bridgehead atoms. The maximum atomic E-state index is 4.52. The van der Waals surface area contributed by atoms with Crippen molar-refractivity contribution in [3.63, 3.8) is 0 Å². The predicted octanol–water partition coefficient (Wildman–Crippen LogP) is 2.83. The van der Waals surface area contributed by atoms with Crippen LogP contribution in [0.5, 0.6) is 0 Å². The molecule has 1 aromatic heterocycles. The molecule has 0 radical (unpaired) electrons. The molecule has 0 aliphatic carbocycles. The Bertz CT molecular complexity index is 648. The van der Waals surface area contributed by atoms with Crippen LogP contribution in [-0.2, 0) is 13.5 Å². The van der Waals surface area contributed by atoms with E-state index in [0.717, 1.165) is 37.7 Å². The van der Waals surface area contributed by atoms with E-state index in [9.17, 15) is 0 Å². The van der Waals surface area contributed by atoms with Gasteiger partial charge < -0.3 is 10.6 Å². The summed E-state index contributed by atoms with van der Waals surface area (Å²) in [6.45, 7) is 21.2. The molecule has 6 nitrogen and oxygen atoms in total. The first kappa shape index (κ1) is 24.0. The predicted molar refractivity (Wildman–Crippen MR) is 121 cm³/mol. The Balaban J connectivity index is 2.71. The third kappa shape index (κ3) is 6.82. The number of nitrogens with zero attached hydrogens (tertiary/aromatic N) is 4. The lowest BCUT2D eigenvalue weighted by Gasteiger charge is -2.33. The first-order chi connectivity index (χ1) is 13.2. The fourth-order valence-corrected chi connectivity index (χ4v) is 3.56. The average Bonchev–Trinajstić information content (AvgIpc) is 2.87. The summed E-state index contributed by atoms with van der Waals surface area (Å²) < 4.78 is 1.95. The summed E-state index contributed by atoms with van der Waals surface area (Å²) in [5.74, 6) is 1.33. The largest absolute Gasteiger partial charge is 0.355 e. The second-order valence-electron chi connectivity index (χ2n) is 7.82. The third-order valence-corrected chi connectivity index (χ3v) is 5.22. The first-order valence-electron chi connectivity index (χ1n) is 10.2. The molecule has 2 N–H and O–H groups in total. The summed E-state index contributed by atoms with van der Waals surface area (Å²) >= 11 is 0. The van der Waals surface area contributed by atoms with Crippen molar-refractivity contribution < 1.29 is 0 Å². The third-order valence-electron chi connectivity index (χ3n) is 5.22. The summed E-state index contributed by atoms with van der Waals surface area (Å²) in [6.07, 6.45) is 4.82. The minimum atomic E-state index is 0.253. The summed E-state index contributed by atoms with van der Waals surface area (Å²) in [4.78, 5) is 6.80. The van der Waals surface area contributed by atoms with Gasteiger partial charge in [-0.15, -0.1) is 13.2 Å². The summed E-state index contributed by atoms with van der Waals surface area (Å²) in [5, 5.41) is 11.5. The Labute approximate surface area is 171 Å². The van der Waals surface area contributed by atoms with Crippen molar-refractivity contribution in [2.75, 3.05) is 26.7 Å². The average molecular weight is 389 g/mol. The molecule has 0 aliphatic rings. The molecule has 0 amide bonds.